The predicted molar refractivity (Wildman–Crippen MR) is 79.5 cm³/mol. The van der Waals surface area contributed by atoms with Gasteiger partial charge in [-0.15, -0.1) is 11.3 Å². The first-order chi connectivity index (χ1) is 8.67. The average Bonchev–Trinajstić information content (AvgIpc) is 2.75. The quantitative estimate of drug-likeness (QED) is 0.787. The van der Waals surface area contributed by atoms with E-state index in [-0.39, 0.29) is 6.04 Å². The molecule has 7 heteroatoms. The number of anilines is 3. The minimum Gasteiger partial charge on any atom is -0.366 e. The molecule has 1 atom stereocenters. The maximum atomic E-state index is 5.56. The number of aromatic nitrogens is 2. The molecule has 0 radical (unpaired) electrons. The van der Waals surface area contributed by atoms with Crippen molar-refractivity contribution < 1.29 is 0 Å². The molecule has 0 aliphatic rings. The van der Waals surface area contributed by atoms with Crippen molar-refractivity contribution in [2.75, 3.05) is 17.2 Å². The summed E-state index contributed by atoms with van der Waals surface area (Å²) in [6, 6.07) is 4.05. The Kier molecular flexibility index (Phi) is 4.51. The summed E-state index contributed by atoms with van der Waals surface area (Å²) in [6.07, 6.45) is 1.52. The van der Waals surface area contributed by atoms with Gasteiger partial charge in [-0.1, -0.05) is 0 Å². The highest BCUT2D eigenvalue weighted by atomic mass is 79.9. The van der Waals surface area contributed by atoms with Crippen LogP contribution in [0.25, 0.3) is 0 Å². The van der Waals surface area contributed by atoms with Crippen LogP contribution in [0, 0.1) is 0 Å². The van der Waals surface area contributed by atoms with Gasteiger partial charge < -0.3 is 16.4 Å². The summed E-state index contributed by atoms with van der Waals surface area (Å²) in [7, 11) is 0. The van der Waals surface area contributed by atoms with Crippen LogP contribution in [0.3, 0.4) is 0 Å². The van der Waals surface area contributed by atoms with Crippen molar-refractivity contribution in [3.63, 3.8) is 0 Å². The van der Waals surface area contributed by atoms with Crippen LogP contribution in [0.2, 0.25) is 0 Å². The molecule has 0 fully saturated rings. The third-order valence-corrected chi connectivity index (χ3v) is 3.84. The minimum absolute atomic E-state index is 0.184. The minimum atomic E-state index is 0.184. The van der Waals surface area contributed by atoms with E-state index in [1.165, 1.54) is 6.33 Å². The predicted octanol–water partition coefficient (Wildman–Crippen LogP) is 2.80. The van der Waals surface area contributed by atoms with Gasteiger partial charge in [-0.2, -0.15) is 0 Å². The fourth-order valence-corrected chi connectivity index (χ4v) is 2.65. The van der Waals surface area contributed by atoms with Crippen molar-refractivity contribution in [2.24, 2.45) is 5.73 Å². The van der Waals surface area contributed by atoms with Crippen molar-refractivity contribution in [3.8, 4) is 0 Å². The lowest BCUT2D eigenvalue weighted by Gasteiger charge is -2.12. The summed E-state index contributed by atoms with van der Waals surface area (Å²) >= 11 is 5.02. The zero-order valence-electron chi connectivity index (χ0n) is 9.85. The standard InChI is InChI=1S/C11H14BrN5S/c1-7(4-13)16-9-3-10(15-6-14-9)17-11-2-8(12)5-18-11/h2-3,5-7H,4,13H2,1H3,(H2,14,15,16,17). The number of hydrogen-bond donors (Lipinski definition) is 3. The summed E-state index contributed by atoms with van der Waals surface area (Å²) in [5.74, 6) is 1.52. The lowest BCUT2D eigenvalue weighted by atomic mass is 10.3. The Bertz CT molecular complexity index is 516. The van der Waals surface area contributed by atoms with E-state index >= 15 is 0 Å². The number of halogens is 1. The molecule has 2 heterocycles. The second-order valence-electron chi connectivity index (χ2n) is 3.82. The number of rotatable bonds is 5. The molecule has 4 N–H and O–H groups in total. The maximum absolute atomic E-state index is 5.56. The molecular weight excluding hydrogens is 314 g/mol. The Balaban J connectivity index is 2.07. The lowest BCUT2D eigenvalue weighted by molar-refractivity contribution is 0.797. The molecule has 0 aromatic carbocycles. The smallest absolute Gasteiger partial charge is 0.136 e. The van der Waals surface area contributed by atoms with Crippen LogP contribution in [-0.4, -0.2) is 22.6 Å². The first-order valence-electron chi connectivity index (χ1n) is 5.47. The van der Waals surface area contributed by atoms with Gasteiger partial charge in [0.25, 0.3) is 0 Å². The highest BCUT2D eigenvalue weighted by Crippen LogP contribution is 2.27. The number of hydrogen-bond acceptors (Lipinski definition) is 6. The molecule has 5 nitrogen and oxygen atoms in total. The van der Waals surface area contributed by atoms with Crippen LogP contribution in [0.1, 0.15) is 6.92 Å². The largest absolute Gasteiger partial charge is 0.366 e. The molecule has 2 aromatic rings. The van der Waals surface area contributed by atoms with Crippen LogP contribution >= 0.6 is 27.3 Å². The number of thiophene rings is 1. The molecule has 0 aliphatic heterocycles. The van der Waals surface area contributed by atoms with Gasteiger partial charge in [0.2, 0.25) is 0 Å². The Labute approximate surface area is 118 Å². The van der Waals surface area contributed by atoms with Gasteiger partial charge in [0.05, 0.1) is 5.00 Å². The average molecular weight is 328 g/mol. The highest BCUT2D eigenvalue weighted by Gasteiger charge is 2.03. The number of nitrogens with two attached hydrogens (primary N) is 1. The van der Waals surface area contributed by atoms with Crippen molar-refractivity contribution in [3.05, 3.63) is 28.3 Å². The molecule has 0 spiro atoms. The van der Waals surface area contributed by atoms with Crippen LogP contribution < -0.4 is 16.4 Å². The Morgan fingerprint density at radius 3 is 2.83 bits per heavy atom. The summed E-state index contributed by atoms with van der Waals surface area (Å²) in [4.78, 5) is 8.33. The van der Waals surface area contributed by atoms with E-state index < -0.39 is 0 Å². The Morgan fingerprint density at radius 2 is 2.17 bits per heavy atom. The van der Waals surface area contributed by atoms with Gasteiger partial charge in [-0.25, -0.2) is 9.97 Å². The van der Waals surface area contributed by atoms with Crippen molar-refractivity contribution in [1.29, 1.82) is 0 Å². The molecule has 0 bridgehead atoms. The van der Waals surface area contributed by atoms with Gasteiger partial charge in [0.1, 0.15) is 18.0 Å². The molecular formula is C11H14BrN5S. The van der Waals surface area contributed by atoms with Gasteiger partial charge in [-0.05, 0) is 28.9 Å². The molecule has 2 aromatic heterocycles. The first kappa shape index (κ1) is 13.3. The van der Waals surface area contributed by atoms with Gasteiger partial charge >= 0.3 is 0 Å². The SMILES string of the molecule is CC(CN)Nc1cc(Nc2cc(Br)cs2)ncn1. The van der Waals surface area contributed by atoms with Crippen molar-refractivity contribution in [2.45, 2.75) is 13.0 Å². The molecule has 0 amide bonds. The molecule has 2 rings (SSSR count). The normalized spacial score (nSPS) is 12.2. The molecule has 0 saturated heterocycles. The second kappa shape index (κ2) is 6.12. The topological polar surface area (TPSA) is 75.9 Å². The van der Waals surface area contributed by atoms with E-state index in [4.69, 9.17) is 5.73 Å². The molecule has 18 heavy (non-hydrogen) atoms. The van der Waals surface area contributed by atoms with E-state index in [2.05, 4.69) is 36.5 Å². The van der Waals surface area contributed by atoms with Crippen molar-refractivity contribution in [1.82, 2.24) is 9.97 Å². The monoisotopic (exact) mass is 327 g/mol. The summed E-state index contributed by atoms with van der Waals surface area (Å²) < 4.78 is 1.05. The zero-order chi connectivity index (χ0) is 13.0. The third-order valence-electron chi connectivity index (χ3n) is 2.23. The Morgan fingerprint density at radius 1 is 1.39 bits per heavy atom. The van der Waals surface area contributed by atoms with Crippen LogP contribution in [-0.2, 0) is 0 Å². The highest BCUT2D eigenvalue weighted by molar-refractivity contribution is 9.10. The summed E-state index contributed by atoms with van der Waals surface area (Å²) in [6.45, 7) is 2.57. The molecule has 96 valence electrons. The zero-order valence-corrected chi connectivity index (χ0v) is 12.3. The third kappa shape index (κ3) is 3.66. The first-order valence-corrected chi connectivity index (χ1v) is 7.14. The van der Waals surface area contributed by atoms with E-state index in [9.17, 15) is 0 Å². The number of nitrogens with zero attached hydrogens (tertiary/aromatic N) is 2. The molecule has 0 aliphatic carbocycles. The van der Waals surface area contributed by atoms with E-state index in [1.54, 1.807) is 11.3 Å². The van der Waals surface area contributed by atoms with Crippen LogP contribution in [0.5, 0.6) is 0 Å². The lowest BCUT2D eigenvalue weighted by Crippen LogP contribution is -2.25. The van der Waals surface area contributed by atoms with Gasteiger partial charge in [-0.3, -0.25) is 0 Å². The van der Waals surface area contributed by atoms with Gasteiger partial charge in [0.15, 0.2) is 0 Å². The van der Waals surface area contributed by atoms with Crippen LogP contribution in [0.4, 0.5) is 16.6 Å². The fourth-order valence-electron chi connectivity index (χ4n) is 1.32. The van der Waals surface area contributed by atoms with Gasteiger partial charge in [0, 0.05) is 28.5 Å². The second-order valence-corrected chi connectivity index (χ2v) is 5.65. The van der Waals surface area contributed by atoms with E-state index in [0.717, 1.165) is 21.1 Å². The maximum Gasteiger partial charge on any atom is 0.136 e. The van der Waals surface area contributed by atoms with E-state index in [0.29, 0.717) is 6.54 Å². The Hall–Kier alpha value is -1.18. The van der Waals surface area contributed by atoms with Crippen LogP contribution in [0.15, 0.2) is 28.3 Å². The summed E-state index contributed by atoms with van der Waals surface area (Å²) in [5, 5.41) is 9.46. The summed E-state index contributed by atoms with van der Waals surface area (Å²) in [5.41, 5.74) is 5.56. The van der Waals surface area contributed by atoms with E-state index in [1.807, 2.05) is 24.4 Å². The van der Waals surface area contributed by atoms with Crippen molar-refractivity contribution >= 4 is 43.9 Å². The number of nitrogens with one attached hydrogen (secondary N) is 2. The molecule has 0 saturated carbocycles. The fraction of sp³-hybridized carbons (Fsp3) is 0.273. The molecule has 1 unspecified atom stereocenters.